The molecule has 166 valence electrons. The summed E-state index contributed by atoms with van der Waals surface area (Å²) in [5.41, 5.74) is 4.71. The number of aryl methyl sites for hydroxylation is 1. The standard InChI is InChI=1S/C26H31N5O/c1-6-18-13-22-21(14-20(18)19-10-8-7-9-16(19)2)24(25(32)31-22)17(3)30-23(28)11-12-29-26(4,5)15-27/h7-14,18,20,29H,6H2,1-5H3,(H2,28,30)(H,31,32)/b12-11-,24-17-. The Morgan fingerprint density at radius 1 is 1.31 bits per heavy atom. The zero-order valence-corrected chi connectivity index (χ0v) is 19.3. The number of carbonyl (C=O) groups excluding carboxylic acids is 1. The molecule has 2 aliphatic rings. The van der Waals surface area contributed by atoms with Crippen LogP contribution in [0.25, 0.3) is 0 Å². The van der Waals surface area contributed by atoms with Gasteiger partial charge in [0.1, 0.15) is 11.4 Å². The molecule has 1 fully saturated rings. The number of fused-ring (bicyclic) bond motifs is 1. The Morgan fingerprint density at radius 2 is 2.03 bits per heavy atom. The lowest BCUT2D eigenvalue weighted by molar-refractivity contribution is -0.115. The maximum atomic E-state index is 12.8. The number of hydrogen-bond acceptors (Lipinski definition) is 4. The van der Waals surface area contributed by atoms with E-state index in [1.165, 1.54) is 17.2 Å². The molecule has 6 nitrogen and oxygen atoms in total. The van der Waals surface area contributed by atoms with E-state index in [4.69, 9.17) is 10.7 Å². The quantitative estimate of drug-likeness (QED) is 0.308. The molecule has 32 heavy (non-hydrogen) atoms. The van der Waals surface area contributed by atoms with Gasteiger partial charge in [-0.25, -0.2) is 0 Å². The van der Waals surface area contributed by atoms with Crippen LogP contribution in [0.4, 0.5) is 0 Å². The zero-order valence-electron chi connectivity index (χ0n) is 19.3. The van der Waals surface area contributed by atoms with E-state index < -0.39 is 5.54 Å². The van der Waals surface area contributed by atoms with E-state index >= 15 is 0 Å². The fraction of sp³-hybridized carbons (Fsp3) is 0.346. The van der Waals surface area contributed by atoms with Gasteiger partial charge < -0.3 is 16.0 Å². The van der Waals surface area contributed by atoms with E-state index in [1.54, 1.807) is 20.0 Å². The first-order valence-electron chi connectivity index (χ1n) is 10.9. The fourth-order valence-electron chi connectivity index (χ4n) is 4.13. The molecule has 4 N–H and O–H groups in total. The van der Waals surface area contributed by atoms with Crippen molar-refractivity contribution >= 4 is 11.7 Å². The minimum absolute atomic E-state index is 0.125. The molecule has 1 aliphatic carbocycles. The molecule has 0 radical (unpaired) electrons. The molecule has 0 bridgehead atoms. The number of amides is 1. The molecular weight excluding hydrogens is 398 g/mol. The van der Waals surface area contributed by atoms with Crippen molar-refractivity contribution in [3.8, 4) is 6.07 Å². The third kappa shape index (κ3) is 4.83. The largest absolute Gasteiger partial charge is 0.374 e. The third-order valence-electron chi connectivity index (χ3n) is 5.91. The Morgan fingerprint density at radius 3 is 2.69 bits per heavy atom. The van der Waals surface area contributed by atoms with Gasteiger partial charge in [0.05, 0.1) is 11.6 Å². The lowest BCUT2D eigenvalue weighted by Crippen LogP contribution is -2.33. The first-order valence-corrected chi connectivity index (χ1v) is 10.9. The number of rotatable bonds is 6. The van der Waals surface area contributed by atoms with Gasteiger partial charge in [-0.15, -0.1) is 0 Å². The number of nitrogens with zero attached hydrogens (tertiary/aromatic N) is 1. The Kier molecular flexibility index (Phi) is 6.69. The molecule has 1 saturated heterocycles. The number of carbonyl (C=O) groups is 1. The summed E-state index contributed by atoms with van der Waals surface area (Å²) in [6.45, 7) is 9.60. The van der Waals surface area contributed by atoms with Gasteiger partial charge in [0.15, 0.2) is 0 Å². The average molecular weight is 430 g/mol. The van der Waals surface area contributed by atoms with E-state index in [2.05, 4.69) is 66.2 Å². The smallest absolute Gasteiger partial charge is 0.258 e. The Hall–Kier alpha value is -3.59. The molecule has 1 aromatic carbocycles. The summed E-state index contributed by atoms with van der Waals surface area (Å²) in [5.74, 6) is 0.457. The van der Waals surface area contributed by atoms with Gasteiger partial charge >= 0.3 is 0 Å². The number of hydrogen-bond donors (Lipinski definition) is 4. The molecule has 2 atom stereocenters. The van der Waals surface area contributed by atoms with Crippen molar-refractivity contribution in [1.29, 1.82) is 10.7 Å². The van der Waals surface area contributed by atoms with Crippen LogP contribution in [-0.4, -0.2) is 17.3 Å². The predicted octanol–water partition coefficient (Wildman–Crippen LogP) is 4.30. The number of benzene rings is 1. The van der Waals surface area contributed by atoms with Gasteiger partial charge in [0.25, 0.3) is 5.91 Å². The Bertz CT molecular complexity index is 1100. The van der Waals surface area contributed by atoms with Crippen LogP contribution in [-0.2, 0) is 4.79 Å². The van der Waals surface area contributed by atoms with Crippen molar-refractivity contribution in [2.45, 2.75) is 52.5 Å². The van der Waals surface area contributed by atoms with Gasteiger partial charge in [-0.1, -0.05) is 43.3 Å². The second-order valence-corrected chi connectivity index (χ2v) is 8.82. The molecule has 1 heterocycles. The minimum atomic E-state index is -0.720. The maximum Gasteiger partial charge on any atom is 0.258 e. The van der Waals surface area contributed by atoms with Crippen molar-refractivity contribution in [2.75, 3.05) is 0 Å². The summed E-state index contributed by atoms with van der Waals surface area (Å²) < 4.78 is 0. The first kappa shape index (κ1) is 23.1. The highest BCUT2D eigenvalue weighted by Gasteiger charge is 2.35. The zero-order chi connectivity index (χ0) is 23.5. The van der Waals surface area contributed by atoms with Gasteiger partial charge in [-0.2, -0.15) is 5.26 Å². The molecule has 1 aliphatic heterocycles. The number of allylic oxidation sites excluding steroid dienone is 4. The summed E-state index contributed by atoms with van der Waals surface area (Å²) >= 11 is 0. The predicted molar refractivity (Wildman–Crippen MR) is 128 cm³/mol. The topological polar surface area (TPSA) is 101 Å². The molecule has 3 rings (SSSR count). The molecular formula is C26H31N5O. The summed E-state index contributed by atoms with van der Waals surface area (Å²) in [6.07, 6.45) is 8.44. The van der Waals surface area contributed by atoms with Crippen molar-refractivity contribution in [2.24, 2.45) is 5.92 Å². The van der Waals surface area contributed by atoms with Crippen molar-refractivity contribution in [1.82, 2.24) is 16.0 Å². The normalized spacial score (nSPS) is 21.8. The van der Waals surface area contributed by atoms with Gasteiger partial charge in [0, 0.05) is 29.1 Å². The van der Waals surface area contributed by atoms with E-state index in [9.17, 15) is 4.79 Å². The summed E-state index contributed by atoms with van der Waals surface area (Å²) in [5, 5.41) is 26.2. The van der Waals surface area contributed by atoms with Crippen molar-refractivity contribution in [3.63, 3.8) is 0 Å². The molecule has 0 spiro atoms. The lowest BCUT2D eigenvalue weighted by Gasteiger charge is -2.28. The number of amidine groups is 1. The SMILES string of the molecule is CCC1C=C2NC(=O)/C(=C(/C)NC(=N)/C=C\NC(C)(C)C#N)C2=CC1c1ccccc1C. The van der Waals surface area contributed by atoms with Crippen LogP contribution < -0.4 is 16.0 Å². The van der Waals surface area contributed by atoms with E-state index in [1.807, 2.05) is 13.0 Å². The fourth-order valence-corrected chi connectivity index (χ4v) is 4.13. The van der Waals surface area contributed by atoms with Crippen LogP contribution in [0.15, 0.2) is 71.2 Å². The first-order chi connectivity index (χ1) is 15.2. The summed E-state index contributed by atoms with van der Waals surface area (Å²) in [4.78, 5) is 12.8. The molecule has 1 amide bonds. The molecule has 0 aromatic heterocycles. The van der Waals surface area contributed by atoms with Crippen LogP contribution in [0.5, 0.6) is 0 Å². The van der Waals surface area contributed by atoms with E-state index in [0.29, 0.717) is 17.2 Å². The van der Waals surface area contributed by atoms with Crippen LogP contribution in [0.3, 0.4) is 0 Å². The van der Waals surface area contributed by atoms with E-state index in [0.717, 1.165) is 17.7 Å². The number of nitriles is 1. The molecule has 2 unspecified atom stereocenters. The van der Waals surface area contributed by atoms with Gasteiger partial charge in [-0.3, -0.25) is 10.2 Å². The lowest BCUT2D eigenvalue weighted by atomic mass is 9.77. The van der Waals surface area contributed by atoms with Crippen molar-refractivity contribution in [3.05, 3.63) is 82.4 Å². The Balaban J connectivity index is 1.89. The van der Waals surface area contributed by atoms with Crippen LogP contribution in [0.1, 0.15) is 51.2 Å². The van der Waals surface area contributed by atoms with Crippen LogP contribution >= 0.6 is 0 Å². The Labute approximate surface area is 190 Å². The third-order valence-corrected chi connectivity index (χ3v) is 5.91. The van der Waals surface area contributed by atoms with E-state index in [-0.39, 0.29) is 17.7 Å². The molecule has 6 heteroatoms. The van der Waals surface area contributed by atoms with Crippen LogP contribution in [0.2, 0.25) is 0 Å². The summed E-state index contributed by atoms with van der Waals surface area (Å²) in [7, 11) is 0. The maximum absolute atomic E-state index is 12.8. The number of nitrogens with one attached hydrogen (secondary N) is 4. The highest BCUT2D eigenvalue weighted by Crippen LogP contribution is 2.42. The highest BCUT2D eigenvalue weighted by atomic mass is 16.2. The second-order valence-electron chi connectivity index (χ2n) is 8.82. The van der Waals surface area contributed by atoms with Crippen LogP contribution in [0, 0.1) is 29.6 Å². The average Bonchev–Trinajstić information content (AvgIpc) is 3.07. The minimum Gasteiger partial charge on any atom is -0.374 e. The van der Waals surface area contributed by atoms with Gasteiger partial charge in [0.2, 0.25) is 0 Å². The highest BCUT2D eigenvalue weighted by molar-refractivity contribution is 6.06. The second kappa shape index (κ2) is 9.27. The van der Waals surface area contributed by atoms with Gasteiger partial charge in [-0.05, 0) is 57.2 Å². The summed E-state index contributed by atoms with van der Waals surface area (Å²) in [6, 6.07) is 10.5. The van der Waals surface area contributed by atoms with Crippen molar-refractivity contribution < 1.29 is 4.79 Å². The molecule has 0 saturated carbocycles. The monoisotopic (exact) mass is 429 g/mol. The molecule has 1 aromatic rings.